The van der Waals surface area contributed by atoms with Crippen LogP contribution in [0.25, 0.3) is 0 Å². The second-order valence-electron chi connectivity index (χ2n) is 4.05. The standard InChI is InChI=1S/C13H19BrOS/c1-3-4-5-6-7-8-11(15)12-9-10(2)13(14)16-12/h3,9,11,15H,1,4-8H2,2H3. The Bertz CT molecular complexity index is 313. The number of hydrogen-bond donors (Lipinski definition) is 1. The normalized spacial score (nSPS) is 12.7. The average molecular weight is 303 g/mol. The topological polar surface area (TPSA) is 20.2 Å². The molecule has 0 aliphatic rings. The molecule has 0 amide bonds. The summed E-state index contributed by atoms with van der Waals surface area (Å²) in [5.74, 6) is 0. The number of halogens is 1. The summed E-state index contributed by atoms with van der Waals surface area (Å²) in [7, 11) is 0. The van der Waals surface area contributed by atoms with Crippen molar-refractivity contribution in [2.45, 2.75) is 45.1 Å². The van der Waals surface area contributed by atoms with Crippen molar-refractivity contribution in [1.29, 1.82) is 0 Å². The minimum absolute atomic E-state index is 0.293. The van der Waals surface area contributed by atoms with Crippen LogP contribution in [0.5, 0.6) is 0 Å². The van der Waals surface area contributed by atoms with E-state index >= 15 is 0 Å². The number of aliphatic hydroxyl groups excluding tert-OH is 1. The van der Waals surface area contributed by atoms with E-state index in [1.54, 1.807) is 11.3 Å². The van der Waals surface area contributed by atoms with Gasteiger partial charge in [-0.15, -0.1) is 17.9 Å². The molecule has 90 valence electrons. The zero-order valence-electron chi connectivity index (χ0n) is 9.71. The van der Waals surface area contributed by atoms with Gasteiger partial charge in [0, 0.05) is 4.88 Å². The predicted octanol–water partition coefficient (Wildman–Crippen LogP) is 4.99. The molecule has 0 saturated carbocycles. The highest BCUT2D eigenvalue weighted by molar-refractivity contribution is 9.11. The van der Waals surface area contributed by atoms with Gasteiger partial charge in [-0.2, -0.15) is 0 Å². The first kappa shape index (κ1) is 13.9. The SMILES string of the molecule is C=CCCCCCC(O)c1cc(C)c(Br)s1. The van der Waals surface area contributed by atoms with Crippen LogP contribution in [0.3, 0.4) is 0 Å². The summed E-state index contributed by atoms with van der Waals surface area (Å²) in [6, 6.07) is 2.07. The number of aryl methyl sites for hydroxylation is 1. The summed E-state index contributed by atoms with van der Waals surface area (Å²) in [6.45, 7) is 5.76. The molecule has 0 aromatic carbocycles. The van der Waals surface area contributed by atoms with Crippen molar-refractivity contribution in [2.24, 2.45) is 0 Å². The van der Waals surface area contributed by atoms with E-state index in [4.69, 9.17) is 0 Å². The third kappa shape index (κ3) is 4.40. The predicted molar refractivity (Wildman–Crippen MR) is 75.0 cm³/mol. The Hall–Kier alpha value is -0.120. The zero-order valence-corrected chi connectivity index (χ0v) is 12.1. The molecule has 0 aliphatic heterocycles. The Morgan fingerprint density at radius 1 is 1.50 bits per heavy atom. The molecule has 1 heterocycles. The molecule has 16 heavy (non-hydrogen) atoms. The molecule has 1 aromatic rings. The highest BCUT2D eigenvalue weighted by atomic mass is 79.9. The summed E-state index contributed by atoms with van der Waals surface area (Å²) in [4.78, 5) is 1.08. The number of allylic oxidation sites excluding steroid dienone is 1. The van der Waals surface area contributed by atoms with Gasteiger partial charge in [0.1, 0.15) is 0 Å². The van der Waals surface area contributed by atoms with Crippen LogP contribution in [0.15, 0.2) is 22.5 Å². The van der Waals surface area contributed by atoms with Crippen LogP contribution in [0, 0.1) is 6.92 Å². The van der Waals surface area contributed by atoms with E-state index in [2.05, 4.69) is 35.5 Å². The van der Waals surface area contributed by atoms with Crippen molar-refractivity contribution in [3.63, 3.8) is 0 Å². The van der Waals surface area contributed by atoms with E-state index in [9.17, 15) is 5.11 Å². The summed E-state index contributed by atoms with van der Waals surface area (Å²) >= 11 is 5.12. The van der Waals surface area contributed by atoms with Crippen molar-refractivity contribution in [3.8, 4) is 0 Å². The number of hydrogen-bond acceptors (Lipinski definition) is 2. The first-order valence-corrected chi connectivity index (χ1v) is 7.31. The van der Waals surface area contributed by atoms with Crippen molar-refractivity contribution in [2.75, 3.05) is 0 Å². The maximum absolute atomic E-state index is 9.98. The van der Waals surface area contributed by atoms with E-state index in [0.717, 1.165) is 27.9 Å². The Morgan fingerprint density at radius 3 is 2.81 bits per heavy atom. The monoisotopic (exact) mass is 302 g/mol. The minimum atomic E-state index is -0.293. The summed E-state index contributed by atoms with van der Waals surface area (Å²) < 4.78 is 1.13. The first-order chi connectivity index (χ1) is 7.65. The molecular weight excluding hydrogens is 284 g/mol. The molecule has 3 heteroatoms. The van der Waals surface area contributed by atoms with Gasteiger partial charge >= 0.3 is 0 Å². The summed E-state index contributed by atoms with van der Waals surface area (Å²) in [5, 5.41) is 9.98. The van der Waals surface area contributed by atoms with Crippen LogP contribution in [-0.2, 0) is 0 Å². The highest BCUT2D eigenvalue weighted by Crippen LogP contribution is 2.33. The van der Waals surface area contributed by atoms with Gasteiger partial charge in [0.15, 0.2) is 0 Å². The van der Waals surface area contributed by atoms with E-state index in [-0.39, 0.29) is 6.10 Å². The molecule has 0 aliphatic carbocycles. The lowest BCUT2D eigenvalue weighted by atomic mass is 10.1. The molecule has 0 radical (unpaired) electrons. The van der Waals surface area contributed by atoms with Crippen LogP contribution in [0.2, 0.25) is 0 Å². The largest absolute Gasteiger partial charge is 0.388 e. The van der Waals surface area contributed by atoms with Gasteiger partial charge in [0.05, 0.1) is 9.89 Å². The van der Waals surface area contributed by atoms with E-state index in [0.29, 0.717) is 0 Å². The zero-order chi connectivity index (χ0) is 12.0. The lowest BCUT2D eigenvalue weighted by molar-refractivity contribution is 0.167. The fourth-order valence-corrected chi connectivity index (χ4v) is 3.18. The van der Waals surface area contributed by atoms with E-state index in [1.165, 1.54) is 18.4 Å². The Kier molecular flexibility index (Phi) is 6.32. The Morgan fingerprint density at radius 2 is 2.25 bits per heavy atom. The smallest absolute Gasteiger partial charge is 0.0882 e. The molecule has 1 atom stereocenters. The minimum Gasteiger partial charge on any atom is -0.388 e. The second-order valence-corrected chi connectivity index (χ2v) is 6.45. The number of unbranched alkanes of at least 4 members (excludes halogenated alkanes) is 3. The molecule has 1 nitrogen and oxygen atoms in total. The van der Waals surface area contributed by atoms with Crippen molar-refractivity contribution in [3.05, 3.63) is 32.9 Å². The number of rotatable bonds is 7. The molecule has 0 bridgehead atoms. The molecule has 1 aromatic heterocycles. The molecule has 0 spiro atoms. The van der Waals surface area contributed by atoms with Crippen molar-refractivity contribution < 1.29 is 5.11 Å². The fraction of sp³-hybridized carbons (Fsp3) is 0.538. The number of aliphatic hydroxyl groups is 1. The van der Waals surface area contributed by atoms with Gasteiger partial charge in [-0.25, -0.2) is 0 Å². The lowest BCUT2D eigenvalue weighted by Gasteiger charge is -2.07. The molecule has 1 unspecified atom stereocenters. The highest BCUT2D eigenvalue weighted by Gasteiger charge is 2.11. The van der Waals surface area contributed by atoms with Crippen molar-refractivity contribution >= 4 is 27.3 Å². The quantitative estimate of drug-likeness (QED) is 0.556. The van der Waals surface area contributed by atoms with Gasteiger partial charge in [0.2, 0.25) is 0 Å². The molecule has 1 rings (SSSR count). The first-order valence-electron chi connectivity index (χ1n) is 5.70. The van der Waals surface area contributed by atoms with Crippen LogP contribution in [-0.4, -0.2) is 5.11 Å². The van der Waals surface area contributed by atoms with Gasteiger partial charge in [-0.1, -0.05) is 18.9 Å². The molecule has 0 saturated heterocycles. The maximum Gasteiger partial charge on any atom is 0.0882 e. The third-order valence-electron chi connectivity index (χ3n) is 2.59. The van der Waals surface area contributed by atoms with Crippen LogP contribution in [0.1, 0.15) is 48.6 Å². The van der Waals surface area contributed by atoms with Crippen LogP contribution < -0.4 is 0 Å². The maximum atomic E-state index is 9.98. The Balaban J connectivity index is 2.29. The second kappa shape index (κ2) is 7.25. The van der Waals surface area contributed by atoms with Gasteiger partial charge in [-0.3, -0.25) is 0 Å². The molecule has 0 fully saturated rings. The summed E-state index contributed by atoms with van der Waals surface area (Å²) in [5.41, 5.74) is 1.21. The van der Waals surface area contributed by atoms with Crippen LogP contribution >= 0.6 is 27.3 Å². The molecule has 1 N–H and O–H groups in total. The Labute approximate surface area is 110 Å². The fourth-order valence-electron chi connectivity index (χ4n) is 1.59. The van der Waals surface area contributed by atoms with Gasteiger partial charge < -0.3 is 5.11 Å². The average Bonchev–Trinajstić information content (AvgIpc) is 2.59. The molecular formula is C13H19BrOS. The van der Waals surface area contributed by atoms with Crippen LogP contribution in [0.4, 0.5) is 0 Å². The van der Waals surface area contributed by atoms with Crippen molar-refractivity contribution in [1.82, 2.24) is 0 Å². The van der Waals surface area contributed by atoms with Gasteiger partial charge in [0.25, 0.3) is 0 Å². The third-order valence-corrected chi connectivity index (χ3v) is 4.83. The summed E-state index contributed by atoms with van der Waals surface area (Å²) in [6.07, 6.45) is 7.06. The number of thiophene rings is 1. The van der Waals surface area contributed by atoms with Gasteiger partial charge in [-0.05, 0) is 53.7 Å². The van der Waals surface area contributed by atoms with E-state index in [1.807, 2.05) is 6.08 Å². The van der Waals surface area contributed by atoms with E-state index < -0.39 is 0 Å². The lowest BCUT2D eigenvalue weighted by Crippen LogP contribution is -1.94.